The number of hydrogen-bond donors (Lipinski definition) is 0. The number of rotatable bonds is 6. The average molecular weight is 726 g/mol. The molecule has 0 N–H and O–H groups in total. The van der Waals surface area contributed by atoms with Gasteiger partial charge in [-0.05, 0) is 177 Å². The summed E-state index contributed by atoms with van der Waals surface area (Å²) in [4.78, 5) is 2.44. The second kappa shape index (κ2) is 10.9. The number of fused-ring (bicyclic) bond motifs is 6. The molecule has 13 rings (SSSR count). The highest BCUT2D eigenvalue weighted by molar-refractivity contribution is 5.86. The molecule has 6 fully saturated rings. The molecule has 276 valence electrons. The third-order valence-electron chi connectivity index (χ3n) is 17.8. The first-order valence-electron chi connectivity index (χ1n) is 21.7. The molecular formula is C55H51N. The van der Waals surface area contributed by atoms with Gasteiger partial charge in [-0.15, -0.1) is 0 Å². The molecule has 10 atom stereocenters. The van der Waals surface area contributed by atoms with Crippen LogP contribution in [0.15, 0.2) is 146 Å². The number of nitrogens with zero attached hydrogens (tertiary/aromatic N) is 1. The lowest BCUT2D eigenvalue weighted by molar-refractivity contribution is -0.120. The smallest absolute Gasteiger partial charge is 0.0465 e. The molecule has 6 aromatic carbocycles. The summed E-state index contributed by atoms with van der Waals surface area (Å²) in [6.07, 6.45) is 7.76. The summed E-state index contributed by atoms with van der Waals surface area (Å²) < 4.78 is 0. The van der Waals surface area contributed by atoms with Crippen LogP contribution in [0.1, 0.15) is 69.6 Å². The van der Waals surface area contributed by atoms with Gasteiger partial charge >= 0.3 is 0 Å². The first-order chi connectivity index (χ1) is 27.3. The fourth-order valence-electron chi connectivity index (χ4n) is 15.9. The van der Waals surface area contributed by atoms with Gasteiger partial charge in [-0.3, -0.25) is 0 Å². The maximum Gasteiger partial charge on any atom is 0.0465 e. The van der Waals surface area contributed by atoms with E-state index >= 15 is 0 Å². The molecule has 0 aromatic heterocycles. The summed E-state index contributed by atoms with van der Waals surface area (Å²) in [7, 11) is 0. The molecule has 10 unspecified atom stereocenters. The van der Waals surface area contributed by atoms with Crippen molar-refractivity contribution >= 4 is 17.1 Å². The zero-order valence-corrected chi connectivity index (χ0v) is 33.0. The number of benzene rings is 6. The van der Waals surface area contributed by atoms with Crippen LogP contribution in [-0.2, 0) is 10.8 Å². The highest BCUT2D eigenvalue weighted by Crippen LogP contribution is 2.89. The molecule has 6 saturated carbocycles. The van der Waals surface area contributed by atoms with E-state index in [1.165, 1.54) is 68.0 Å². The Balaban J connectivity index is 0.845. The van der Waals surface area contributed by atoms with E-state index in [9.17, 15) is 0 Å². The van der Waals surface area contributed by atoms with Crippen LogP contribution < -0.4 is 4.90 Å². The van der Waals surface area contributed by atoms with Gasteiger partial charge in [-0.25, -0.2) is 0 Å². The van der Waals surface area contributed by atoms with Crippen molar-refractivity contribution in [1.29, 1.82) is 0 Å². The van der Waals surface area contributed by atoms with E-state index in [1.54, 1.807) is 31.2 Å². The maximum absolute atomic E-state index is 2.73. The molecule has 0 heterocycles. The van der Waals surface area contributed by atoms with E-state index in [0.29, 0.717) is 5.41 Å². The van der Waals surface area contributed by atoms with E-state index in [1.807, 2.05) is 0 Å². The maximum atomic E-state index is 2.73. The minimum Gasteiger partial charge on any atom is -0.310 e. The Morgan fingerprint density at radius 3 is 1.79 bits per heavy atom. The molecule has 56 heavy (non-hydrogen) atoms. The number of hydrogen-bond acceptors (Lipinski definition) is 1. The van der Waals surface area contributed by atoms with Crippen molar-refractivity contribution in [2.75, 3.05) is 4.90 Å². The van der Waals surface area contributed by atoms with Gasteiger partial charge in [0.1, 0.15) is 0 Å². The van der Waals surface area contributed by atoms with Crippen molar-refractivity contribution in [3.8, 4) is 33.4 Å². The predicted molar refractivity (Wildman–Crippen MR) is 230 cm³/mol. The van der Waals surface area contributed by atoms with Gasteiger partial charge in [-0.1, -0.05) is 130 Å². The van der Waals surface area contributed by atoms with Crippen LogP contribution >= 0.6 is 0 Å². The molecule has 1 nitrogen and oxygen atoms in total. The Kier molecular flexibility index (Phi) is 6.30. The van der Waals surface area contributed by atoms with E-state index < -0.39 is 0 Å². The van der Waals surface area contributed by atoms with Crippen LogP contribution in [0.2, 0.25) is 0 Å². The highest BCUT2D eigenvalue weighted by atomic mass is 15.1. The van der Waals surface area contributed by atoms with E-state index in [2.05, 4.69) is 171 Å². The Morgan fingerprint density at radius 1 is 0.482 bits per heavy atom. The molecule has 0 aliphatic heterocycles. The monoisotopic (exact) mass is 725 g/mol. The summed E-state index contributed by atoms with van der Waals surface area (Å²) >= 11 is 0. The number of anilines is 3. The molecule has 6 aromatic rings. The lowest BCUT2D eigenvalue weighted by Crippen LogP contribution is -2.54. The molecule has 0 saturated heterocycles. The summed E-state index contributed by atoms with van der Waals surface area (Å²) in [6.45, 7) is 7.48. The highest BCUT2D eigenvalue weighted by Gasteiger charge is 2.84. The molecule has 1 spiro atoms. The van der Waals surface area contributed by atoms with Crippen LogP contribution in [0, 0.1) is 52.8 Å². The summed E-state index contributed by atoms with van der Waals surface area (Å²) in [5, 5.41) is 0. The second-order valence-electron chi connectivity index (χ2n) is 20.0. The minimum atomic E-state index is -0.0619. The summed E-state index contributed by atoms with van der Waals surface area (Å²) in [6, 6.07) is 55.2. The molecule has 7 aliphatic carbocycles. The van der Waals surface area contributed by atoms with Crippen LogP contribution in [0.5, 0.6) is 0 Å². The van der Waals surface area contributed by atoms with Gasteiger partial charge in [0.25, 0.3) is 0 Å². The van der Waals surface area contributed by atoms with Crippen molar-refractivity contribution in [3.63, 3.8) is 0 Å². The Morgan fingerprint density at radius 2 is 1.07 bits per heavy atom. The van der Waals surface area contributed by atoms with Gasteiger partial charge in [0.2, 0.25) is 0 Å². The Bertz CT molecular complexity index is 2550. The van der Waals surface area contributed by atoms with E-state index in [-0.39, 0.29) is 5.41 Å². The molecule has 0 radical (unpaired) electrons. The van der Waals surface area contributed by atoms with Gasteiger partial charge in [0, 0.05) is 22.5 Å². The van der Waals surface area contributed by atoms with Crippen molar-refractivity contribution in [3.05, 3.63) is 162 Å². The Hall–Kier alpha value is -4.88. The van der Waals surface area contributed by atoms with E-state index in [4.69, 9.17) is 0 Å². The van der Waals surface area contributed by atoms with Crippen LogP contribution in [-0.4, -0.2) is 0 Å². The van der Waals surface area contributed by atoms with E-state index in [0.717, 1.165) is 52.8 Å². The van der Waals surface area contributed by atoms with Crippen molar-refractivity contribution in [1.82, 2.24) is 0 Å². The average Bonchev–Trinajstić information content (AvgIpc) is 3.62. The van der Waals surface area contributed by atoms with Crippen molar-refractivity contribution in [2.24, 2.45) is 52.8 Å². The Labute approximate surface area is 332 Å². The fraction of sp³-hybridized carbons (Fsp3) is 0.345. The van der Waals surface area contributed by atoms with Crippen LogP contribution in [0.25, 0.3) is 33.4 Å². The minimum absolute atomic E-state index is 0.0619. The van der Waals surface area contributed by atoms with Crippen molar-refractivity contribution in [2.45, 2.75) is 63.7 Å². The van der Waals surface area contributed by atoms with Gasteiger partial charge in [-0.2, -0.15) is 0 Å². The normalized spacial score (nSPS) is 33.9. The topological polar surface area (TPSA) is 3.24 Å². The zero-order valence-electron chi connectivity index (χ0n) is 33.0. The van der Waals surface area contributed by atoms with Crippen molar-refractivity contribution < 1.29 is 0 Å². The SMILES string of the molecule is CC1(C)c2ccccc2-c2ccc(N(c3ccc(-c4ccccc4)cc3)c3ccc(-c4ccc(C5(C)C6CC7C8CC9CC%10C5C(C9)C7(C6)C%108)cc4)cc3)cc21. The summed E-state index contributed by atoms with van der Waals surface area (Å²) in [5.41, 5.74) is 16.8. The molecule has 1 heteroatoms. The van der Waals surface area contributed by atoms with Gasteiger partial charge < -0.3 is 4.90 Å². The molecule has 0 amide bonds. The standard InChI is InChI=1S/C55H51N/c1-53(2)47-12-8-7-11-43(47)44-26-25-42(31-48(44)53)56(40-21-15-36(16-22-40)34-9-5-4-6-10-34)41-23-17-37(18-24-41)35-13-19-38(20-14-35)54(3)39-30-49-45-27-33-28-46-51(45)55(49,32-39)50(29-33)52(46)54/h4-26,31,33,39,45-46,49-52H,27-30,32H2,1-3H3. The molecular weight excluding hydrogens is 675 g/mol. The predicted octanol–water partition coefficient (Wildman–Crippen LogP) is 14.0. The van der Waals surface area contributed by atoms with Gasteiger partial charge in [0.15, 0.2) is 0 Å². The largest absolute Gasteiger partial charge is 0.310 e. The van der Waals surface area contributed by atoms with Gasteiger partial charge in [0.05, 0.1) is 0 Å². The molecule has 6 bridgehead atoms. The quantitative estimate of drug-likeness (QED) is 0.165. The second-order valence-corrected chi connectivity index (χ2v) is 20.0. The first kappa shape index (κ1) is 32.2. The lowest BCUT2D eigenvalue weighted by atomic mass is 9.45. The van der Waals surface area contributed by atoms with Crippen LogP contribution in [0.3, 0.4) is 0 Å². The lowest BCUT2D eigenvalue weighted by Gasteiger charge is -2.59. The first-order valence-corrected chi connectivity index (χ1v) is 21.7. The third kappa shape index (κ3) is 3.93. The third-order valence-corrected chi connectivity index (χ3v) is 17.8. The van der Waals surface area contributed by atoms with Crippen LogP contribution in [0.4, 0.5) is 17.1 Å². The summed E-state index contributed by atoms with van der Waals surface area (Å²) in [5.74, 6) is 8.15. The molecule has 7 aliphatic rings. The fourth-order valence-corrected chi connectivity index (χ4v) is 15.9. The zero-order chi connectivity index (χ0) is 37.1.